The molecule has 0 bridgehead atoms. The van der Waals surface area contributed by atoms with Crippen molar-refractivity contribution in [3.05, 3.63) is 71.7 Å². The quantitative estimate of drug-likeness (QED) is 0.641. The third kappa shape index (κ3) is 4.85. The van der Waals surface area contributed by atoms with Crippen LogP contribution in [0.1, 0.15) is 35.5 Å². The number of nitrogens with one attached hydrogen (secondary N) is 2. The largest absolute Gasteiger partial charge is 0.491 e. The topological polar surface area (TPSA) is 76.1 Å². The minimum atomic E-state index is -0.289. The van der Waals surface area contributed by atoms with Gasteiger partial charge in [0, 0.05) is 11.4 Å². The van der Waals surface area contributed by atoms with Crippen LogP contribution >= 0.6 is 0 Å². The van der Waals surface area contributed by atoms with E-state index >= 15 is 0 Å². The molecule has 1 heterocycles. The Labute approximate surface area is 165 Å². The SMILES string of the molecule is Cc1cccc(NC(=O)c2cnc(Nc3ccc(OC(C)C)cc3)cn2)c1C. The van der Waals surface area contributed by atoms with Gasteiger partial charge in [-0.25, -0.2) is 9.97 Å². The van der Waals surface area contributed by atoms with Crippen molar-refractivity contribution in [2.45, 2.75) is 33.8 Å². The number of amides is 1. The molecule has 0 fully saturated rings. The average Bonchev–Trinajstić information content (AvgIpc) is 2.67. The lowest BCUT2D eigenvalue weighted by molar-refractivity contribution is 0.102. The molecule has 0 saturated heterocycles. The maximum absolute atomic E-state index is 12.4. The van der Waals surface area contributed by atoms with E-state index in [4.69, 9.17) is 4.74 Å². The van der Waals surface area contributed by atoms with Gasteiger partial charge < -0.3 is 15.4 Å². The van der Waals surface area contributed by atoms with Gasteiger partial charge in [0.15, 0.2) is 0 Å². The Morgan fingerprint density at radius 2 is 1.75 bits per heavy atom. The van der Waals surface area contributed by atoms with Crippen molar-refractivity contribution in [3.8, 4) is 5.75 Å². The molecular formula is C22H24N4O2. The van der Waals surface area contributed by atoms with Crippen LogP contribution in [0.15, 0.2) is 54.9 Å². The first kappa shape index (κ1) is 19.4. The van der Waals surface area contributed by atoms with Gasteiger partial charge in [-0.15, -0.1) is 0 Å². The summed E-state index contributed by atoms with van der Waals surface area (Å²) in [5.41, 5.74) is 4.04. The molecule has 0 atom stereocenters. The van der Waals surface area contributed by atoms with Crippen LogP contribution in [0, 0.1) is 13.8 Å². The van der Waals surface area contributed by atoms with Crippen LogP contribution in [0.3, 0.4) is 0 Å². The van der Waals surface area contributed by atoms with Crippen molar-refractivity contribution < 1.29 is 9.53 Å². The summed E-state index contributed by atoms with van der Waals surface area (Å²) in [6.07, 6.45) is 3.13. The zero-order valence-corrected chi connectivity index (χ0v) is 16.5. The van der Waals surface area contributed by atoms with Crippen molar-refractivity contribution >= 4 is 23.1 Å². The summed E-state index contributed by atoms with van der Waals surface area (Å²) in [6.45, 7) is 7.95. The van der Waals surface area contributed by atoms with Crippen molar-refractivity contribution in [1.29, 1.82) is 0 Å². The summed E-state index contributed by atoms with van der Waals surface area (Å²) in [4.78, 5) is 20.9. The number of nitrogens with zero attached hydrogens (tertiary/aromatic N) is 2. The Morgan fingerprint density at radius 1 is 1.00 bits per heavy atom. The molecule has 0 aliphatic rings. The highest BCUT2D eigenvalue weighted by molar-refractivity contribution is 6.03. The Balaban J connectivity index is 1.64. The number of benzene rings is 2. The molecular weight excluding hydrogens is 352 g/mol. The zero-order chi connectivity index (χ0) is 20.1. The minimum Gasteiger partial charge on any atom is -0.491 e. The second kappa shape index (κ2) is 8.52. The average molecular weight is 376 g/mol. The van der Waals surface area contributed by atoms with Gasteiger partial charge >= 0.3 is 0 Å². The van der Waals surface area contributed by atoms with Crippen molar-refractivity contribution in [2.75, 3.05) is 10.6 Å². The molecule has 1 amide bonds. The fourth-order valence-electron chi connectivity index (χ4n) is 2.62. The van der Waals surface area contributed by atoms with E-state index in [-0.39, 0.29) is 17.7 Å². The predicted molar refractivity (Wildman–Crippen MR) is 111 cm³/mol. The number of aryl methyl sites for hydroxylation is 1. The van der Waals surface area contributed by atoms with Crippen LogP contribution in [-0.2, 0) is 0 Å². The van der Waals surface area contributed by atoms with Crippen molar-refractivity contribution in [1.82, 2.24) is 9.97 Å². The Kier molecular flexibility index (Phi) is 5.89. The molecule has 0 unspecified atom stereocenters. The number of hydrogen-bond donors (Lipinski definition) is 2. The van der Waals surface area contributed by atoms with E-state index in [1.54, 1.807) is 0 Å². The predicted octanol–water partition coefficient (Wildman–Crippen LogP) is 4.88. The van der Waals surface area contributed by atoms with E-state index < -0.39 is 0 Å². The van der Waals surface area contributed by atoms with Crippen LogP contribution in [0.25, 0.3) is 0 Å². The molecule has 0 saturated carbocycles. The van der Waals surface area contributed by atoms with E-state index in [0.717, 1.165) is 28.3 Å². The van der Waals surface area contributed by atoms with Crippen LogP contribution in [0.5, 0.6) is 5.75 Å². The highest BCUT2D eigenvalue weighted by Crippen LogP contribution is 2.20. The molecule has 1 aromatic heterocycles. The van der Waals surface area contributed by atoms with Crippen LogP contribution in [0.2, 0.25) is 0 Å². The number of carbonyl (C=O) groups excluding carboxylic acids is 1. The third-order valence-electron chi connectivity index (χ3n) is 4.24. The van der Waals surface area contributed by atoms with E-state index in [0.29, 0.717) is 5.82 Å². The zero-order valence-electron chi connectivity index (χ0n) is 16.5. The maximum Gasteiger partial charge on any atom is 0.275 e. The standard InChI is InChI=1S/C22H24N4O2/c1-14(2)28-18-10-8-17(9-11-18)25-21-13-23-20(12-24-21)22(27)26-19-7-5-6-15(3)16(19)4/h5-14H,1-4H3,(H,24,25)(H,26,27). The molecule has 2 N–H and O–H groups in total. The van der Waals surface area contributed by atoms with Gasteiger partial charge in [-0.05, 0) is 69.2 Å². The van der Waals surface area contributed by atoms with Crippen molar-refractivity contribution in [2.24, 2.45) is 0 Å². The van der Waals surface area contributed by atoms with Gasteiger partial charge in [0.05, 0.1) is 18.5 Å². The second-order valence-corrected chi connectivity index (χ2v) is 6.80. The normalized spacial score (nSPS) is 10.6. The number of carbonyl (C=O) groups is 1. The molecule has 2 aromatic carbocycles. The Bertz CT molecular complexity index is 951. The number of ether oxygens (including phenoxy) is 1. The van der Waals surface area contributed by atoms with E-state index in [2.05, 4.69) is 20.6 Å². The van der Waals surface area contributed by atoms with Crippen LogP contribution < -0.4 is 15.4 Å². The van der Waals surface area contributed by atoms with Gasteiger partial charge in [0.2, 0.25) is 0 Å². The third-order valence-corrected chi connectivity index (χ3v) is 4.24. The first-order chi connectivity index (χ1) is 13.4. The van der Waals surface area contributed by atoms with Gasteiger partial charge in [0.25, 0.3) is 5.91 Å². The van der Waals surface area contributed by atoms with E-state index in [9.17, 15) is 4.79 Å². The molecule has 0 aliphatic heterocycles. The first-order valence-electron chi connectivity index (χ1n) is 9.15. The monoisotopic (exact) mass is 376 g/mol. The Morgan fingerprint density at radius 3 is 2.39 bits per heavy atom. The summed E-state index contributed by atoms with van der Waals surface area (Å²) in [6, 6.07) is 13.4. The van der Waals surface area contributed by atoms with Gasteiger partial charge in [0.1, 0.15) is 17.3 Å². The fourth-order valence-corrected chi connectivity index (χ4v) is 2.62. The van der Waals surface area contributed by atoms with E-state index in [1.165, 1.54) is 12.4 Å². The highest BCUT2D eigenvalue weighted by atomic mass is 16.5. The highest BCUT2D eigenvalue weighted by Gasteiger charge is 2.11. The molecule has 0 radical (unpaired) electrons. The molecule has 3 rings (SSSR count). The van der Waals surface area contributed by atoms with Gasteiger partial charge in [-0.3, -0.25) is 4.79 Å². The van der Waals surface area contributed by atoms with E-state index in [1.807, 2.05) is 70.2 Å². The Hall–Kier alpha value is -3.41. The van der Waals surface area contributed by atoms with Crippen LogP contribution in [0.4, 0.5) is 17.2 Å². The minimum absolute atomic E-state index is 0.131. The lowest BCUT2D eigenvalue weighted by Crippen LogP contribution is -2.15. The van der Waals surface area contributed by atoms with Gasteiger partial charge in [-0.2, -0.15) is 0 Å². The second-order valence-electron chi connectivity index (χ2n) is 6.80. The first-order valence-corrected chi connectivity index (χ1v) is 9.15. The maximum atomic E-state index is 12.4. The lowest BCUT2D eigenvalue weighted by Gasteiger charge is -2.11. The van der Waals surface area contributed by atoms with Crippen LogP contribution in [-0.4, -0.2) is 22.0 Å². The summed E-state index contributed by atoms with van der Waals surface area (Å²) in [5.74, 6) is 1.08. The number of anilines is 3. The molecule has 6 nitrogen and oxygen atoms in total. The summed E-state index contributed by atoms with van der Waals surface area (Å²) >= 11 is 0. The molecule has 3 aromatic rings. The molecule has 0 spiro atoms. The lowest BCUT2D eigenvalue weighted by atomic mass is 10.1. The van der Waals surface area contributed by atoms with Gasteiger partial charge in [-0.1, -0.05) is 12.1 Å². The molecule has 28 heavy (non-hydrogen) atoms. The molecule has 144 valence electrons. The summed E-state index contributed by atoms with van der Waals surface area (Å²) in [7, 11) is 0. The smallest absolute Gasteiger partial charge is 0.275 e. The number of hydrogen-bond acceptors (Lipinski definition) is 5. The summed E-state index contributed by atoms with van der Waals surface area (Å²) in [5, 5.41) is 6.04. The summed E-state index contributed by atoms with van der Waals surface area (Å²) < 4.78 is 5.63. The fraction of sp³-hybridized carbons (Fsp3) is 0.227. The molecule has 6 heteroatoms. The number of aromatic nitrogens is 2. The molecule has 0 aliphatic carbocycles. The number of rotatable bonds is 6. The van der Waals surface area contributed by atoms with Crippen molar-refractivity contribution in [3.63, 3.8) is 0 Å².